The lowest BCUT2D eigenvalue weighted by Gasteiger charge is -2.17. The summed E-state index contributed by atoms with van der Waals surface area (Å²) < 4.78 is 0. The third-order valence-corrected chi connectivity index (χ3v) is 8.00. The number of hydrogen-bond acceptors (Lipinski definition) is 8. The molecule has 39 heavy (non-hydrogen) atoms. The fourth-order valence-corrected chi connectivity index (χ4v) is 5.72. The van der Waals surface area contributed by atoms with E-state index < -0.39 is 11.9 Å². The minimum Gasteiger partial charge on any atom is -0.478 e. The minimum atomic E-state index is -0.942. The molecule has 0 radical (unpaired) electrons. The average Bonchev–Trinajstić information content (AvgIpc) is 3.48. The maximum absolute atomic E-state index is 13.4. The van der Waals surface area contributed by atoms with Crippen molar-refractivity contribution in [2.24, 2.45) is 5.10 Å². The van der Waals surface area contributed by atoms with Crippen LogP contribution in [0.4, 0.5) is 10.8 Å². The molecule has 4 rings (SSSR count). The lowest BCUT2D eigenvalue weighted by Crippen LogP contribution is -2.32. The SMILES string of the molecule is CCCCCCCN1C(=O)C(=NNC(=O)c2csc(N)n2)c2cc(SCCc3ccc(C(=O)O)cc3)ccc21. The number of carbonyl (C=O) groups is 3. The van der Waals surface area contributed by atoms with E-state index in [1.54, 1.807) is 34.2 Å². The number of benzene rings is 2. The van der Waals surface area contributed by atoms with E-state index in [4.69, 9.17) is 10.8 Å². The van der Waals surface area contributed by atoms with E-state index in [1.165, 1.54) is 6.42 Å². The monoisotopic (exact) mass is 565 g/mol. The summed E-state index contributed by atoms with van der Waals surface area (Å²) in [4.78, 5) is 43.6. The number of carboxylic acid groups (broad SMARTS) is 1. The van der Waals surface area contributed by atoms with Crippen LogP contribution in [0.5, 0.6) is 0 Å². The Balaban J connectivity index is 1.48. The Hall–Kier alpha value is -3.70. The molecule has 11 heteroatoms. The van der Waals surface area contributed by atoms with Crippen molar-refractivity contribution in [1.82, 2.24) is 10.4 Å². The number of amides is 2. The van der Waals surface area contributed by atoms with Crippen LogP contribution in [0.2, 0.25) is 0 Å². The van der Waals surface area contributed by atoms with Gasteiger partial charge in [-0.15, -0.1) is 23.1 Å². The van der Waals surface area contributed by atoms with Crippen LogP contribution in [0.3, 0.4) is 0 Å². The number of nitrogens with zero attached hydrogens (tertiary/aromatic N) is 3. The molecule has 9 nitrogen and oxygen atoms in total. The van der Waals surface area contributed by atoms with Crippen LogP contribution in [0.25, 0.3) is 0 Å². The summed E-state index contributed by atoms with van der Waals surface area (Å²) >= 11 is 2.79. The van der Waals surface area contributed by atoms with Gasteiger partial charge < -0.3 is 15.7 Å². The van der Waals surface area contributed by atoms with Crippen LogP contribution >= 0.6 is 23.1 Å². The Morgan fingerprint density at radius 1 is 1.13 bits per heavy atom. The van der Waals surface area contributed by atoms with Crippen molar-refractivity contribution < 1.29 is 19.5 Å². The van der Waals surface area contributed by atoms with Gasteiger partial charge in [0.1, 0.15) is 5.69 Å². The molecule has 2 aromatic carbocycles. The molecule has 1 aliphatic rings. The van der Waals surface area contributed by atoms with Gasteiger partial charge in [0.15, 0.2) is 10.8 Å². The second-order valence-electron chi connectivity index (χ2n) is 9.12. The summed E-state index contributed by atoms with van der Waals surface area (Å²) in [6.07, 6.45) is 6.16. The predicted octanol–water partition coefficient (Wildman–Crippen LogP) is 5.21. The van der Waals surface area contributed by atoms with E-state index in [0.29, 0.717) is 12.1 Å². The number of aromatic carboxylic acids is 1. The number of hydrogen-bond donors (Lipinski definition) is 3. The minimum absolute atomic E-state index is 0.154. The van der Waals surface area contributed by atoms with E-state index in [0.717, 1.165) is 65.3 Å². The highest BCUT2D eigenvalue weighted by Gasteiger charge is 2.34. The summed E-state index contributed by atoms with van der Waals surface area (Å²) in [6, 6.07) is 12.7. The van der Waals surface area contributed by atoms with Gasteiger partial charge >= 0.3 is 5.97 Å². The maximum atomic E-state index is 13.4. The number of anilines is 2. The number of thiazole rings is 1. The maximum Gasteiger partial charge on any atom is 0.335 e. The molecule has 2 amide bonds. The van der Waals surface area contributed by atoms with E-state index >= 15 is 0 Å². The summed E-state index contributed by atoms with van der Waals surface area (Å²) in [5.74, 6) is -0.932. The zero-order chi connectivity index (χ0) is 27.8. The summed E-state index contributed by atoms with van der Waals surface area (Å²) in [6.45, 7) is 2.76. The first kappa shape index (κ1) is 28.3. The van der Waals surface area contributed by atoms with Gasteiger partial charge in [0.05, 0.1) is 11.3 Å². The largest absolute Gasteiger partial charge is 0.478 e. The highest BCUT2D eigenvalue weighted by Crippen LogP contribution is 2.34. The van der Waals surface area contributed by atoms with Crippen LogP contribution in [0.1, 0.15) is 71.0 Å². The van der Waals surface area contributed by atoms with Crippen LogP contribution in [0, 0.1) is 0 Å². The molecular weight excluding hydrogens is 534 g/mol. The van der Waals surface area contributed by atoms with Crippen molar-refractivity contribution in [2.45, 2.75) is 50.3 Å². The highest BCUT2D eigenvalue weighted by molar-refractivity contribution is 7.99. The molecular formula is C28H31N5O4S2. The number of hydrazone groups is 1. The predicted molar refractivity (Wildman–Crippen MR) is 156 cm³/mol. The van der Waals surface area contributed by atoms with Crippen LogP contribution in [-0.4, -0.2) is 45.9 Å². The van der Waals surface area contributed by atoms with Gasteiger partial charge in [-0.2, -0.15) is 5.10 Å². The molecule has 204 valence electrons. The number of nitrogens with two attached hydrogens (primary N) is 1. The van der Waals surface area contributed by atoms with Crippen molar-refractivity contribution in [3.8, 4) is 0 Å². The number of rotatable bonds is 13. The van der Waals surface area contributed by atoms with Gasteiger partial charge in [-0.25, -0.2) is 15.2 Å². The van der Waals surface area contributed by atoms with Crippen LogP contribution in [-0.2, 0) is 11.2 Å². The van der Waals surface area contributed by atoms with Gasteiger partial charge in [-0.1, -0.05) is 44.7 Å². The number of nitrogens with one attached hydrogen (secondary N) is 1. The first-order valence-electron chi connectivity index (χ1n) is 12.9. The molecule has 2 heterocycles. The van der Waals surface area contributed by atoms with Gasteiger partial charge in [0.2, 0.25) is 0 Å². The lowest BCUT2D eigenvalue weighted by molar-refractivity contribution is -0.112. The third kappa shape index (κ3) is 7.24. The van der Waals surface area contributed by atoms with E-state index in [2.05, 4.69) is 22.4 Å². The quantitative estimate of drug-likeness (QED) is 0.147. The fourth-order valence-electron chi connectivity index (χ4n) is 4.24. The number of nitrogen functional groups attached to an aromatic ring is 1. The molecule has 0 aliphatic carbocycles. The Bertz CT molecular complexity index is 1370. The van der Waals surface area contributed by atoms with Crippen molar-refractivity contribution in [2.75, 3.05) is 22.9 Å². The van der Waals surface area contributed by atoms with Gasteiger partial charge in [-0.05, 0) is 48.7 Å². The molecule has 0 fully saturated rings. The number of fused-ring (bicyclic) bond motifs is 1. The van der Waals surface area contributed by atoms with Crippen LogP contribution < -0.4 is 16.1 Å². The number of unbranched alkanes of at least 4 members (excludes halogenated alkanes) is 4. The molecule has 4 N–H and O–H groups in total. The van der Waals surface area contributed by atoms with Gasteiger partial charge in [0.25, 0.3) is 11.8 Å². The Morgan fingerprint density at radius 2 is 1.90 bits per heavy atom. The van der Waals surface area contributed by atoms with Crippen molar-refractivity contribution >= 4 is 57.4 Å². The normalized spacial score (nSPS) is 13.6. The zero-order valence-corrected chi connectivity index (χ0v) is 23.3. The number of carbonyl (C=O) groups excluding carboxylic acids is 2. The second kappa shape index (κ2) is 13.4. The molecule has 0 spiro atoms. The third-order valence-electron chi connectivity index (χ3n) is 6.33. The molecule has 0 saturated heterocycles. The first-order valence-corrected chi connectivity index (χ1v) is 14.7. The fraction of sp³-hybridized carbons (Fsp3) is 0.321. The molecule has 0 saturated carbocycles. The lowest BCUT2D eigenvalue weighted by atomic mass is 10.1. The first-order chi connectivity index (χ1) is 18.9. The van der Waals surface area contributed by atoms with Crippen molar-refractivity contribution in [3.63, 3.8) is 0 Å². The topological polar surface area (TPSA) is 138 Å². The molecule has 0 atom stereocenters. The number of carboxylic acids is 1. The van der Waals surface area contributed by atoms with Crippen LogP contribution in [0.15, 0.2) is 57.8 Å². The highest BCUT2D eigenvalue weighted by atomic mass is 32.2. The number of aryl methyl sites for hydroxylation is 1. The van der Waals surface area contributed by atoms with Gasteiger partial charge in [0, 0.05) is 28.1 Å². The molecule has 3 aromatic rings. The van der Waals surface area contributed by atoms with Crippen molar-refractivity contribution in [3.05, 3.63) is 70.2 Å². The Labute approximate surface area is 235 Å². The molecule has 1 aromatic heterocycles. The molecule has 0 bridgehead atoms. The average molecular weight is 566 g/mol. The molecule has 1 aliphatic heterocycles. The second-order valence-corrected chi connectivity index (χ2v) is 11.2. The zero-order valence-electron chi connectivity index (χ0n) is 21.7. The van der Waals surface area contributed by atoms with E-state index in [9.17, 15) is 14.4 Å². The molecule has 0 unspecified atom stereocenters. The van der Waals surface area contributed by atoms with E-state index in [1.807, 2.05) is 30.3 Å². The summed E-state index contributed by atoms with van der Waals surface area (Å²) in [7, 11) is 0. The number of aromatic nitrogens is 1. The smallest absolute Gasteiger partial charge is 0.335 e. The standard InChI is InChI=1S/C28H31N5O4S2/c1-2-3-4-5-6-14-33-23-12-11-20(38-15-13-18-7-9-19(10-8-18)27(36)37)16-21(23)24(26(33)35)31-32-25(34)22-17-39-28(29)30-22/h7-12,16-17H,2-6,13-15H2,1H3,(H2,29,30)(H,32,34)(H,36,37). The Kier molecular flexibility index (Phi) is 9.72. The van der Waals surface area contributed by atoms with Gasteiger partial charge in [-0.3, -0.25) is 9.59 Å². The summed E-state index contributed by atoms with van der Waals surface area (Å²) in [5, 5.41) is 15.1. The Morgan fingerprint density at radius 3 is 2.59 bits per heavy atom. The summed E-state index contributed by atoms with van der Waals surface area (Å²) in [5.41, 5.74) is 11.2. The van der Waals surface area contributed by atoms with Crippen molar-refractivity contribution in [1.29, 1.82) is 0 Å². The number of thioether (sulfide) groups is 1. The van der Waals surface area contributed by atoms with E-state index in [-0.39, 0.29) is 28.0 Å².